The van der Waals surface area contributed by atoms with E-state index >= 15 is 0 Å². The van der Waals surface area contributed by atoms with Gasteiger partial charge in [0, 0.05) is 13.5 Å². The Morgan fingerprint density at radius 2 is 1.62 bits per heavy atom. The zero-order chi connectivity index (χ0) is 14.7. The maximum Gasteiger partial charge on any atom is 0.220 e. The number of amides is 1. The number of hydrogen-bond acceptors (Lipinski definition) is 1. The van der Waals surface area contributed by atoms with E-state index in [2.05, 4.69) is 42.5 Å². The fourth-order valence-electron chi connectivity index (χ4n) is 2.92. The van der Waals surface area contributed by atoms with Crippen LogP contribution in [-0.4, -0.2) is 17.4 Å². The molecule has 0 N–H and O–H groups in total. The highest BCUT2D eigenvalue weighted by atomic mass is 16.2. The summed E-state index contributed by atoms with van der Waals surface area (Å²) < 4.78 is 0. The number of carbonyl (C=O) groups is 1. The second-order valence-corrected chi connectivity index (χ2v) is 5.38. The topological polar surface area (TPSA) is 20.3 Å². The van der Waals surface area contributed by atoms with Gasteiger partial charge in [0.2, 0.25) is 5.91 Å². The molecule has 106 valence electrons. The molecule has 0 radical (unpaired) electrons. The Morgan fingerprint density at radius 3 is 2.24 bits per heavy atom. The molecule has 1 amide bonds. The van der Waals surface area contributed by atoms with E-state index in [4.69, 9.17) is 0 Å². The molecule has 2 heteroatoms. The molecule has 21 heavy (non-hydrogen) atoms. The highest BCUT2D eigenvalue weighted by molar-refractivity contribution is 5.77. The first-order chi connectivity index (χ1) is 10.3. The quantitative estimate of drug-likeness (QED) is 0.810. The summed E-state index contributed by atoms with van der Waals surface area (Å²) in [6.07, 6.45) is 3.14. The molecule has 1 atom stereocenters. The minimum atomic E-state index is 0.0349. The zero-order valence-electron chi connectivity index (χ0n) is 12.2. The van der Waals surface area contributed by atoms with E-state index in [1.54, 1.807) is 6.92 Å². The third kappa shape index (κ3) is 2.89. The van der Waals surface area contributed by atoms with E-state index in [1.807, 2.05) is 29.2 Å². The van der Waals surface area contributed by atoms with Crippen molar-refractivity contribution in [1.82, 2.24) is 4.90 Å². The lowest BCUT2D eigenvalue weighted by Crippen LogP contribution is -2.35. The Kier molecular flexibility index (Phi) is 3.87. The first-order valence-electron chi connectivity index (χ1n) is 7.34. The normalized spacial score (nSPS) is 18.2. The summed E-state index contributed by atoms with van der Waals surface area (Å²) in [6, 6.07) is 20.7. The molecule has 2 nitrogen and oxygen atoms in total. The van der Waals surface area contributed by atoms with Crippen molar-refractivity contribution in [3.63, 3.8) is 0 Å². The molecule has 1 aliphatic heterocycles. The van der Waals surface area contributed by atoms with Crippen molar-refractivity contribution in [3.05, 3.63) is 77.9 Å². The second-order valence-electron chi connectivity index (χ2n) is 5.38. The molecule has 1 aliphatic rings. The lowest BCUT2D eigenvalue weighted by atomic mass is 9.92. The van der Waals surface area contributed by atoms with Gasteiger partial charge >= 0.3 is 0 Å². The SMILES string of the molecule is CC(=O)N1CCC(c2ccccc2)=CC1c1ccccc1. The van der Waals surface area contributed by atoms with Gasteiger partial charge in [-0.15, -0.1) is 0 Å². The summed E-state index contributed by atoms with van der Waals surface area (Å²) in [5.74, 6) is 0.132. The van der Waals surface area contributed by atoms with Gasteiger partial charge in [-0.1, -0.05) is 66.7 Å². The van der Waals surface area contributed by atoms with Crippen molar-refractivity contribution in [2.75, 3.05) is 6.54 Å². The van der Waals surface area contributed by atoms with Crippen molar-refractivity contribution in [2.45, 2.75) is 19.4 Å². The summed E-state index contributed by atoms with van der Waals surface area (Å²) in [5.41, 5.74) is 3.74. The van der Waals surface area contributed by atoms with E-state index in [0.717, 1.165) is 13.0 Å². The standard InChI is InChI=1S/C19H19NO/c1-15(21)20-13-12-18(16-8-4-2-5-9-16)14-19(20)17-10-6-3-7-11-17/h2-11,14,19H,12-13H2,1H3. The molecule has 0 aromatic heterocycles. The van der Waals surface area contributed by atoms with Gasteiger partial charge in [-0.3, -0.25) is 4.79 Å². The summed E-state index contributed by atoms with van der Waals surface area (Å²) in [5, 5.41) is 0. The minimum Gasteiger partial charge on any atom is -0.332 e. The predicted molar refractivity (Wildman–Crippen MR) is 85.6 cm³/mol. The average Bonchev–Trinajstić information content (AvgIpc) is 2.56. The molecule has 1 heterocycles. The van der Waals surface area contributed by atoms with Crippen LogP contribution in [0.15, 0.2) is 66.7 Å². The monoisotopic (exact) mass is 277 g/mol. The average molecular weight is 277 g/mol. The van der Waals surface area contributed by atoms with Gasteiger partial charge in [0.05, 0.1) is 6.04 Å². The summed E-state index contributed by atoms with van der Waals surface area (Å²) in [7, 11) is 0. The van der Waals surface area contributed by atoms with Crippen molar-refractivity contribution in [3.8, 4) is 0 Å². The number of benzene rings is 2. The van der Waals surface area contributed by atoms with E-state index in [-0.39, 0.29) is 11.9 Å². The van der Waals surface area contributed by atoms with Gasteiger partial charge in [-0.25, -0.2) is 0 Å². The predicted octanol–water partition coefficient (Wildman–Crippen LogP) is 4.06. The highest BCUT2D eigenvalue weighted by Crippen LogP contribution is 2.33. The van der Waals surface area contributed by atoms with Crippen molar-refractivity contribution in [1.29, 1.82) is 0 Å². The van der Waals surface area contributed by atoms with Gasteiger partial charge in [0.15, 0.2) is 0 Å². The van der Waals surface area contributed by atoms with E-state index in [9.17, 15) is 4.79 Å². The van der Waals surface area contributed by atoms with Crippen LogP contribution < -0.4 is 0 Å². The Balaban J connectivity index is 2.00. The van der Waals surface area contributed by atoms with E-state index < -0.39 is 0 Å². The van der Waals surface area contributed by atoms with Gasteiger partial charge < -0.3 is 4.90 Å². The fourth-order valence-corrected chi connectivity index (χ4v) is 2.92. The maximum atomic E-state index is 11.9. The number of nitrogens with zero attached hydrogens (tertiary/aromatic N) is 1. The molecule has 2 aromatic rings. The molecule has 0 aliphatic carbocycles. The van der Waals surface area contributed by atoms with Gasteiger partial charge in [-0.2, -0.15) is 0 Å². The largest absolute Gasteiger partial charge is 0.332 e. The molecule has 0 saturated carbocycles. The van der Waals surface area contributed by atoms with Crippen LogP contribution in [0.3, 0.4) is 0 Å². The van der Waals surface area contributed by atoms with Gasteiger partial charge in [-0.05, 0) is 23.1 Å². The Bertz CT molecular complexity index is 646. The van der Waals surface area contributed by atoms with Crippen molar-refractivity contribution < 1.29 is 4.79 Å². The zero-order valence-corrected chi connectivity index (χ0v) is 12.2. The maximum absolute atomic E-state index is 11.9. The van der Waals surface area contributed by atoms with Crippen LogP contribution in [0.2, 0.25) is 0 Å². The number of carbonyl (C=O) groups excluding carboxylic acids is 1. The van der Waals surface area contributed by atoms with Crippen LogP contribution in [-0.2, 0) is 4.79 Å². The third-order valence-corrected chi connectivity index (χ3v) is 4.01. The summed E-state index contributed by atoms with van der Waals surface area (Å²) >= 11 is 0. The first kappa shape index (κ1) is 13.6. The Hall–Kier alpha value is -2.35. The van der Waals surface area contributed by atoms with Crippen LogP contribution in [0, 0.1) is 0 Å². The number of hydrogen-bond donors (Lipinski definition) is 0. The molecule has 0 bridgehead atoms. The molecule has 1 unspecified atom stereocenters. The Morgan fingerprint density at radius 1 is 1.00 bits per heavy atom. The summed E-state index contributed by atoms with van der Waals surface area (Å²) in [4.78, 5) is 13.9. The minimum absolute atomic E-state index is 0.0349. The van der Waals surface area contributed by atoms with Crippen LogP contribution >= 0.6 is 0 Å². The van der Waals surface area contributed by atoms with Crippen LogP contribution in [0.25, 0.3) is 5.57 Å². The molecule has 0 saturated heterocycles. The van der Waals surface area contributed by atoms with E-state index in [1.165, 1.54) is 16.7 Å². The molecule has 2 aromatic carbocycles. The van der Waals surface area contributed by atoms with Crippen molar-refractivity contribution in [2.24, 2.45) is 0 Å². The van der Waals surface area contributed by atoms with E-state index in [0.29, 0.717) is 0 Å². The number of rotatable bonds is 2. The highest BCUT2D eigenvalue weighted by Gasteiger charge is 2.25. The fraction of sp³-hybridized carbons (Fsp3) is 0.211. The van der Waals surface area contributed by atoms with Crippen LogP contribution in [0.1, 0.15) is 30.5 Å². The lowest BCUT2D eigenvalue weighted by Gasteiger charge is -2.34. The van der Waals surface area contributed by atoms with Crippen LogP contribution in [0.4, 0.5) is 0 Å². The molecule has 0 spiro atoms. The molecule has 3 rings (SSSR count). The molecule has 0 fully saturated rings. The second kappa shape index (κ2) is 5.96. The van der Waals surface area contributed by atoms with Gasteiger partial charge in [0.25, 0.3) is 0 Å². The third-order valence-electron chi connectivity index (χ3n) is 4.01. The molecular formula is C19H19NO. The summed E-state index contributed by atoms with van der Waals surface area (Å²) in [6.45, 7) is 2.42. The first-order valence-corrected chi connectivity index (χ1v) is 7.34. The van der Waals surface area contributed by atoms with Gasteiger partial charge in [0.1, 0.15) is 0 Å². The Labute approximate surface area is 125 Å². The smallest absolute Gasteiger partial charge is 0.220 e. The van der Waals surface area contributed by atoms with Crippen LogP contribution in [0.5, 0.6) is 0 Å². The van der Waals surface area contributed by atoms with Crippen molar-refractivity contribution >= 4 is 11.5 Å². The lowest BCUT2D eigenvalue weighted by molar-refractivity contribution is -0.130. The molecular weight excluding hydrogens is 258 g/mol.